The molecule has 0 aliphatic carbocycles. The molecule has 2 aromatic rings. The van der Waals surface area contributed by atoms with Crippen molar-refractivity contribution in [2.45, 2.75) is 13.8 Å². The number of rotatable bonds is 4. The lowest BCUT2D eigenvalue weighted by Gasteiger charge is -2.10. The molecule has 2 N–H and O–H groups in total. The van der Waals surface area contributed by atoms with Crippen LogP contribution in [0.25, 0.3) is 0 Å². The van der Waals surface area contributed by atoms with Crippen LogP contribution in [0.2, 0.25) is 5.02 Å². The highest BCUT2D eigenvalue weighted by atomic mass is 35.5. The van der Waals surface area contributed by atoms with E-state index in [9.17, 15) is 14.7 Å². The van der Waals surface area contributed by atoms with Gasteiger partial charge in [0.05, 0.1) is 0 Å². The minimum atomic E-state index is -0.755. The molecule has 0 radical (unpaired) electrons. The van der Waals surface area contributed by atoms with Crippen LogP contribution >= 0.6 is 11.6 Å². The normalized spacial score (nSPS) is 10.2. The molecule has 0 bridgehead atoms. The SMILES string of the molecule is Cc1ccc(O)c(C(=O)OCC(=O)Nc2ccc(Cl)cc2C)c1. The van der Waals surface area contributed by atoms with Crippen molar-refractivity contribution < 1.29 is 19.4 Å². The second-order valence-electron chi connectivity index (χ2n) is 5.10. The van der Waals surface area contributed by atoms with Crippen LogP contribution in [0.1, 0.15) is 21.5 Å². The van der Waals surface area contributed by atoms with Crippen molar-refractivity contribution in [3.8, 4) is 5.75 Å². The Morgan fingerprint density at radius 1 is 1.17 bits per heavy atom. The Labute approximate surface area is 138 Å². The fraction of sp³-hybridized carbons (Fsp3) is 0.176. The second kappa shape index (κ2) is 7.15. The molecule has 0 saturated carbocycles. The number of ether oxygens (including phenoxy) is 1. The average Bonchev–Trinajstić information content (AvgIpc) is 2.50. The first-order valence-electron chi connectivity index (χ1n) is 6.89. The van der Waals surface area contributed by atoms with E-state index in [4.69, 9.17) is 16.3 Å². The first-order valence-corrected chi connectivity index (χ1v) is 7.27. The minimum Gasteiger partial charge on any atom is -0.507 e. The molecule has 2 aromatic carbocycles. The molecule has 0 aliphatic rings. The van der Waals surface area contributed by atoms with Gasteiger partial charge >= 0.3 is 5.97 Å². The maximum atomic E-state index is 11.9. The first kappa shape index (κ1) is 16.8. The number of nitrogens with one attached hydrogen (secondary N) is 1. The molecule has 23 heavy (non-hydrogen) atoms. The summed E-state index contributed by atoms with van der Waals surface area (Å²) in [5, 5.41) is 12.9. The summed E-state index contributed by atoms with van der Waals surface area (Å²) in [7, 11) is 0. The molecule has 0 atom stereocenters. The summed E-state index contributed by atoms with van der Waals surface area (Å²) in [4.78, 5) is 23.8. The van der Waals surface area contributed by atoms with Crippen LogP contribution in [-0.4, -0.2) is 23.6 Å². The zero-order valence-corrected chi connectivity index (χ0v) is 13.5. The highest BCUT2D eigenvalue weighted by Crippen LogP contribution is 2.20. The number of phenolic OH excluding ortho intramolecular Hbond substituents is 1. The number of esters is 1. The number of hydrogen-bond donors (Lipinski definition) is 2. The molecule has 120 valence electrons. The van der Waals surface area contributed by atoms with E-state index in [0.29, 0.717) is 10.7 Å². The average molecular weight is 334 g/mol. The molecule has 0 aliphatic heterocycles. The van der Waals surface area contributed by atoms with Crippen LogP contribution < -0.4 is 5.32 Å². The Bertz CT molecular complexity index is 758. The summed E-state index contributed by atoms with van der Waals surface area (Å²) in [5.41, 5.74) is 2.22. The second-order valence-corrected chi connectivity index (χ2v) is 5.54. The number of aromatic hydroxyl groups is 1. The quantitative estimate of drug-likeness (QED) is 0.840. The Hall–Kier alpha value is -2.53. The van der Waals surface area contributed by atoms with Crippen LogP contribution in [0.3, 0.4) is 0 Å². The van der Waals surface area contributed by atoms with Gasteiger partial charge in [-0.25, -0.2) is 4.79 Å². The third-order valence-electron chi connectivity index (χ3n) is 3.17. The largest absolute Gasteiger partial charge is 0.507 e. The first-order chi connectivity index (χ1) is 10.9. The van der Waals surface area contributed by atoms with E-state index in [1.807, 2.05) is 0 Å². The standard InChI is InChI=1S/C17H16ClNO4/c1-10-3-6-15(20)13(7-10)17(22)23-9-16(21)19-14-5-4-12(18)8-11(14)2/h3-8,20H,9H2,1-2H3,(H,19,21). The van der Waals surface area contributed by atoms with Crippen molar-refractivity contribution in [1.29, 1.82) is 0 Å². The number of amides is 1. The van der Waals surface area contributed by atoms with E-state index in [1.165, 1.54) is 12.1 Å². The van der Waals surface area contributed by atoms with Crippen LogP contribution in [0.4, 0.5) is 5.69 Å². The summed E-state index contributed by atoms with van der Waals surface area (Å²) in [6.45, 7) is 3.14. The predicted octanol–water partition coefficient (Wildman–Crippen LogP) is 3.46. The maximum Gasteiger partial charge on any atom is 0.342 e. The summed E-state index contributed by atoms with van der Waals surface area (Å²) in [6.07, 6.45) is 0. The number of benzene rings is 2. The zero-order valence-electron chi connectivity index (χ0n) is 12.7. The van der Waals surface area contributed by atoms with E-state index >= 15 is 0 Å². The van der Waals surface area contributed by atoms with Gasteiger partial charge in [0.25, 0.3) is 5.91 Å². The van der Waals surface area contributed by atoms with Gasteiger partial charge in [0.1, 0.15) is 11.3 Å². The number of carbonyl (C=O) groups is 2. The molecule has 2 rings (SSSR count). The van der Waals surface area contributed by atoms with Gasteiger partial charge < -0.3 is 15.2 Å². The summed E-state index contributed by atoms with van der Waals surface area (Å²) < 4.78 is 4.92. The number of hydrogen-bond acceptors (Lipinski definition) is 4. The van der Waals surface area contributed by atoms with Crippen molar-refractivity contribution in [1.82, 2.24) is 0 Å². The third kappa shape index (κ3) is 4.47. The van der Waals surface area contributed by atoms with Gasteiger partial charge in [-0.2, -0.15) is 0 Å². The Morgan fingerprint density at radius 2 is 1.91 bits per heavy atom. The van der Waals surface area contributed by atoms with Gasteiger partial charge in [0, 0.05) is 10.7 Å². The molecule has 5 nitrogen and oxygen atoms in total. The molecular formula is C17H16ClNO4. The van der Waals surface area contributed by atoms with E-state index in [-0.39, 0.29) is 11.3 Å². The molecule has 0 spiro atoms. The van der Waals surface area contributed by atoms with Gasteiger partial charge in [-0.15, -0.1) is 0 Å². The zero-order chi connectivity index (χ0) is 17.0. The molecule has 0 unspecified atom stereocenters. The lowest BCUT2D eigenvalue weighted by molar-refractivity contribution is -0.119. The fourth-order valence-electron chi connectivity index (χ4n) is 1.98. The molecule has 0 aromatic heterocycles. The monoisotopic (exact) mass is 333 g/mol. The predicted molar refractivity (Wildman–Crippen MR) is 87.9 cm³/mol. The third-order valence-corrected chi connectivity index (χ3v) is 3.40. The Morgan fingerprint density at radius 3 is 2.61 bits per heavy atom. The van der Waals surface area contributed by atoms with Gasteiger partial charge in [0.15, 0.2) is 6.61 Å². The highest BCUT2D eigenvalue weighted by Gasteiger charge is 2.15. The van der Waals surface area contributed by atoms with Crippen LogP contribution in [0.5, 0.6) is 5.75 Å². The molecule has 0 heterocycles. The minimum absolute atomic E-state index is 0.0282. The van der Waals surface area contributed by atoms with E-state index in [1.54, 1.807) is 38.1 Å². The number of phenols is 1. The van der Waals surface area contributed by atoms with Crippen molar-refractivity contribution >= 4 is 29.2 Å². The smallest absolute Gasteiger partial charge is 0.342 e. The lowest BCUT2D eigenvalue weighted by Crippen LogP contribution is -2.21. The maximum absolute atomic E-state index is 11.9. The number of carbonyl (C=O) groups excluding carboxylic acids is 2. The Kier molecular flexibility index (Phi) is 5.24. The van der Waals surface area contributed by atoms with Crippen LogP contribution in [-0.2, 0) is 9.53 Å². The van der Waals surface area contributed by atoms with Crippen molar-refractivity contribution in [2.75, 3.05) is 11.9 Å². The highest BCUT2D eigenvalue weighted by molar-refractivity contribution is 6.30. The van der Waals surface area contributed by atoms with E-state index in [0.717, 1.165) is 11.1 Å². The number of aryl methyl sites for hydroxylation is 2. The van der Waals surface area contributed by atoms with Crippen molar-refractivity contribution in [3.63, 3.8) is 0 Å². The van der Waals surface area contributed by atoms with Gasteiger partial charge in [-0.05, 0) is 49.7 Å². The lowest BCUT2D eigenvalue weighted by atomic mass is 10.1. The van der Waals surface area contributed by atoms with Crippen molar-refractivity contribution in [3.05, 3.63) is 58.1 Å². The summed E-state index contributed by atoms with van der Waals surface area (Å²) in [6, 6.07) is 9.61. The molecule has 0 saturated heterocycles. The summed E-state index contributed by atoms with van der Waals surface area (Å²) in [5.74, 6) is -1.42. The van der Waals surface area contributed by atoms with Gasteiger partial charge in [-0.1, -0.05) is 23.2 Å². The molecule has 0 fully saturated rings. The number of halogens is 1. The molecule has 1 amide bonds. The van der Waals surface area contributed by atoms with E-state index < -0.39 is 18.5 Å². The number of anilines is 1. The van der Waals surface area contributed by atoms with Crippen LogP contribution in [0.15, 0.2) is 36.4 Å². The topological polar surface area (TPSA) is 75.6 Å². The Balaban J connectivity index is 1.96. The van der Waals surface area contributed by atoms with E-state index in [2.05, 4.69) is 5.32 Å². The fourth-order valence-corrected chi connectivity index (χ4v) is 2.20. The molecule has 6 heteroatoms. The van der Waals surface area contributed by atoms with Crippen LogP contribution in [0, 0.1) is 13.8 Å². The summed E-state index contributed by atoms with van der Waals surface area (Å²) >= 11 is 5.85. The van der Waals surface area contributed by atoms with Gasteiger partial charge in [0.2, 0.25) is 0 Å². The van der Waals surface area contributed by atoms with Crippen molar-refractivity contribution in [2.24, 2.45) is 0 Å². The van der Waals surface area contributed by atoms with Gasteiger partial charge in [-0.3, -0.25) is 4.79 Å². The molecular weight excluding hydrogens is 318 g/mol.